The highest BCUT2D eigenvalue weighted by atomic mass is 16.5. The van der Waals surface area contributed by atoms with E-state index in [0.29, 0.717) is 18.9 Å². The zero-order valence-electron chi connectivity index (χ0n) is 13.1. The topological polar surface area (TPSA) is 85.2 Å². The van der Waals surface area contributed by atoms with Gasteiger partial charge >= 0.3 is 6.03 Å². The molecule has 2 aromatic heterocycles. The van der Waals surface area contributed by atoms with Gasteiger partial charge in [-0.05, 0) is 30.5 Å². The molecule has 1 saturated heterocycles. The van der Waals surface area contributed by atoms with E-state index in [4.69, 9.17) is 4.74 Å². The number of carbonyl (C=O) groups excluding carboxylic acids is 1. The Morgan fingerprint density at radius 2 is 2.30 bits per heavy atom. The fourth-order valence-electron chi connectivity index (χ4n) is 2.56. The summed E-state index contributed by atoms with van der Waals surface area (Å²) in [5, 5.41) is 10.5. The van der Waals surface area contributed by atoms with Crippen LogP contribution in [0.15, 0.2) is 30.7 Å². The molecule has 1 atom stereocenters. The lowest BCUT2D eigenvalue weighted by molar-refractivity contribution is 0.0819. The molecular formula is C15H20N6O2. The van der Waals surface area contributed by atoms with Crippen LogP contribution in [0, 0.1) is 0 Å². The largest absolute Gasteiger partial charge is 0.376 e. The van der Waals surface area contributed by atoms with E-state index < -0.39 is 0 Å². The normalized spacial score (nSPS) is 17.2. The quantitative estimate of drug-likeness (QED) is 0.902. The number of carbonyl (C=O) groups is 1. The molecule has 1 N–H and O–H groups in total. The van der Waals surface area contributed by atoms with Gasteiger partial charge in [-0.15, -0.1) is 5.10 Å². The summed E-state index contributed by atoms with van der Waals surface area (Å²) < 4.78 is 7.20. The Hall–Kier alpha value is -2.48. The molecule has 0 bridgehead atoms. The van der Waals surface area contributed by atoms with Crippen molar-refractivity contribution in [1.29, 1.82) is 0 Å². The summed E-state index contributed by atoms with van der Waals surface area (Å²) in [4.78, 5) is 18.3. The van der Waals surface area contributed by atoms with Gasteiger partial charge in [-0.3, -0.25) is 15.0 Å². The van der Waals surface area contributed by atoms with Crippen LogP contribution in [0.25, 0.3) is 0 Å². The molecule has 8 heteroatoms. The van der Waals surface area contributed by atoms with Crippen LogP contribution in [0.2, 0.25) is 0 Å². The summed E-state index contributed by atoms with van der Waals surface area (Å²) in [7, 11) is 1.75. The fourth-order valence-corrected chi connectivity index (χ4v) is 2.56. The Bertz CT molecular complexity index is 638. The first-order valence-corrected chi connectivity index (χ1v) is 7.63. The third-order valence-electron chi connectivity index (χ3n) is 3.70. The SMILES string of the molecule is Cn1cc(NC(=O)N(Cc2ccncc2)C[C@@H]2CCCO2)nn1. The van der Waals surface area contributed by atoms with Crippen LogP contribution in [0.5, 0.6) is 0 Å². The molecule has 0 aromatic carbocycles. The summed E-state index contributed by atoms with van der Waals surface area (Å²) in [6, 6.07) is 3.59. The number of anilines is 1. The highest BCUT2D eigenvalue weighted by Gasteiger charge is 2.23. The summed E-state index contributed by atoms with van der Waals surface area (Å²) in [5.74, 6) is 0.435. The maximum atomic E-state index is 12.6. The average molecular weight is 316 g/mol. The third-order valence-corrected chi connectivity index (χ3v) is 3.70. The standard InChI is InChI=1S/C15H20N6O2/c1-20-11-14(18-19-20)17-15(22)21(10-13-3-2-8-23-13)9-12-4-6-16-7-5-12/h4-7,11,13H,2-3,8-10H2,1H3,(H,17,22)/t13-/m0/s1. The van der Waals surface area contributed by atoms with Gasteiger partial charge in [0.2, 0.25) is 0 Å². The van der Waals surface area contributed by atoms with Crippen molar-refractivity contribution in [3.8, 4) is 0 Å². The van der Waals surface area contributed by atoms with Crippen molar-refractivity contribution in [2.75, 3.05) is 18.5 Å². The molecule has 3 rings (SSSR count). The molecule has 3 heterocycles. The second kappa shape index (κ2) is 7.19. The minimum atomic E-state index is -0.210. The molecule has 8 nitrogen and oxygen atoms in total. The summed E-state index contributed by atoms with van der Waals surface area (Å²) in [6.07, 6.45) is 7.21. The lowest BCUT2D eigenvalue weighted by atomic mass is 10.2. The number of nitrogens with one attached hydrogen (secondary N) is 1. The van der Waals surface area contributed by atoms with Gasteiger partial charge in [-0.2, -0.15) is 0 Å². The van der Waals surface area contributed by atoms with E-state index in [9.17, 15) is 4.79 Å². The molecule has 2 amide bonds. The van der Waals surface area contributed by atoms with Crippen molar-refractivity contribution in [2.45, 2.75) is 25.5 Å². The highest BCUT2D eigenvalue weighted by molar-refractivity contribution is 5.88. The number of hydrogen-bond donors (Lipinski definition) is 1. The van der Waals surface area contributed by atoms with E-state index in [1.54, 1.807) is 35.2 Å². The Kier molecular flexibility index (Phi) is 4.82. The van der Waals surface area contributed by atoms with Crippen molar-refractivity contribution in [3.63, 3.8) is 0 Å². The fraction of sp³-hybridized carbons (Fsp3) is 0.467. The maximum Gasteiger partial charge on any atom is 0.323 e. The molecule has 0 aliphatic carbocycles. The Morgan fingerprint density at radius 1 is 1.48 bits per heavy atom. The predicted octanol–water partition coefficient (Wildman–Crippen LogP) is 1.42. The number of nitrogens with zero attached hydrogens (tertiary/aromatic N) is 5. The second-order valence-corrected chi connectivity index (χ2v) is 5.58. The molecule has 122 valence electrons. The zero-order valence-corrected chi connectivity index (χ0v) is 13.1. The lowest BCUT2D eigenvalue weighted by Gasteiger charge is -2.25. The summed E-state index contributed by atoms with van der Waals surface area (Å²) in [6.45, 7) is 1.81. The van der Waals surface area contributed by atoms with Gasteiger partial charge in [0, 0.05) is 39.1 Å². The van der Waals surface area contributed by atoms with Crippen molar-refractivity contribution < 1.29 is 9.53 Å². The summed E-state index contributed by atoms with van der Waals surface area (Å²) in [5.41, 5.74) is 1.02. The number of aryl methyl sites for hydroxylation is 1. The molecule has 1 aliphatic heterocycles. The Morgan fingerprint density at radius 3 is 2.96 bits per heavy atom. The van der Waals surface area contributed by atoms with Crippen LogP contribution < -0.4 is 5.32 Å². The number of rotatable bonds is 5. The minimum absolute atomic E-state index is 0.0874. The second-order valence-electron chi connectivity index (χ2n) is 5.58. The Labute approximate surface area is 134 Å². The van der Waals surface area contributed by atoms with Gasteiger partial charge in [0.05, 0.1) is 12.3 Å². The highest BCUT2D eigenvalue weighted by Crippen LogP contribution is 2.16. The van der Waals surface area contributed by atoms with E-state index in [1.807, 2.05) is 12.1 Å². The smallest absolute Gasteiger partial charge is 0.323 e. The first kappa shape index (κ1) is 15.4. The van der Waals surface area contributed by atoms with E-state index in [2.05, 4.69) is 20.6 Å². The maximum absolute atomic E-state index is 12.6. The van der Waals surface area contributed by atoms with Crippen molar-refractivity contribution >= 4 is 11.8 Å². The van der Waals surface area contributed by atoms with Gasteiger partial charge in [-0.25, -0.2) is 4.79 Å². The van der Waals surface area contributed by atoms with E-state index in [1.165, 1.54) is 0 Å². The van der Waals surface area contributed by atoms with Crippen molar-refractivity contribution in [2.24, 2.45) is 7.05 Å². The molecule has 1 aliphatic rings. The Balaban J connectivity index is 1.68. The number of pyridine rings is 1. The lowest BCUT2D eigenvalue weighted by Crippen LogP contribution is -2.39. The van der Waals surface area contributed by atoms with Gasteiger partial charge in [-0.1, -0.05) is 5.21 Å². The predicted molar refractivity (Wildman–Crippen MR) is 83.6 cm³/mol. The zero-order chi connectivity index (χ0) is 16.1. The van der Waals surface area contributed by atoms with Gasteiger partial charge in [0.15, 0.2) is 5.82 Å². The van der Waals surface area contributed by atoms with Crippen LogP contribution >= 0.6 is 0 Å². The van der Waals surface area contributed by atoms with Crippen LogP contribution in [0.1, 0.15) is 18.4 Å². The molecule has 2 aromatic rings. The third kappa shape index (κ3) is 4.26. The average Bonchev–Trinajstić information content (AvgIpc) is 3.19. The van der Waals surface area contributed by atoms with Crippen LogP contribution in [0.4, 0.5) is 10.6 Å². The molecule has 0 unspecified atom stereocenters. The monoisotopic (exact) mass is 316 g/mol. The minimum Gasteiger partial charge on any atom is -0.376 e. The summed E-state index contributed by atoms with van der Waals surface area (Å²) >= 11 is 0. The molecule has 1 fully saturated rings. The van der Waals surface area contributed by atoms with E-state index >= 15 is 0 Å². The van der Waals surface area contributed by atoms with Gasteiger partial charge < -0.3 is 9.64 Å². The first-order chi connectivity index (χ1) is 11.2. The first-order valence-electron chi connectivity index (χ1n) is 7.63. The van der Waals surface area contributed by atoms with Gasteiger partial charge in [0.1, 0.15) is 0 Å². The van der Waals surface area contributed by atoms with Crippen LogP contribution in [-0.2, 0) is 18.3 Å². The van der Waals surface area contributed by atoms with E-state index in [-0.39, 0.29) is 12.1 Å². The molecular weight excluding hydrogens is 296 g/mol. The molecule has 0 radical (unpaired) electrons. The number of urea groups is 1. The van der Waals surface area contributed by atoms with Crippen molar-refractivity contribution in [3.05, 3.63) is 36.3 Å². The number of aromatic nitrogens is 4. The number of ether oxygens (including phenoxy) is 1. The van der Waals surface area contributed by atoms with Crippen molar-refractivity contribution in [1.82, 2.24) is 24.9 Å². The van der Waals surface area contributed by atoms with Crippen LogP contribution in [0.3, 0.4) is 0 Å². The van der Waals surface area contributed by atoms with Gasteiger partial charge in [0.25, 0.3) is 0 Å². The number of hydrogen-bond acceptors (Lipinski definition) is 5. The van der Waals surface area contributed by atoms with Crippen LogP contribution in [-0.4, -0.2) is 50.2 Å². The molecule has 23 heavy (non-hydrogen) atoms. The van der Waals surface area contributed by atoms with E-state index in [0.717, 1.165) is 25.0 Å². The number of amides is 2. The molecule has 0 saturated carbocycles. The molecule has 0 spiro atoms.